The molecular formula is C13H22N2OS. The third-order valence-corrected chi connectivity index (χ3v) is 3.93. The van der Waals surface area contributed by atoms with Crippen molar-refractivity contribution < 1.29 is 4.79 Å². The first-order valence-corrected chi connectivity index (χ1v) is 6.65. The van der Waals surface area contributed by atoms with E-state index in [1.165, 1.54) is 10.4 Å². The Balaban J connectivity index is 2.68. The number of thiophene rings is 1. The topological polar surface area (TPSA) is 46.3 Å². The van der Waals surface area contributed by atoms with Gasteiger partial charge in [0.25, 0.3) is 0 Å². The minimum atomic E-state index is -0.451. The molecule has 3 nitrogen and oxygen atoms in total. The van der Waals surface area contributed by atoms with Gasteiger partial charge in [0.2, 0.25) is 5.91 Å². The summed E-state index contributed by atoms with van der Waals surface area (Å²) in [6.45, 7) is 8.67. The molecule has 1 heterocycles. The molecule has 0 spiro atoms. The molecule has 0 fully saturated rings. The van der Waals surface area contributed by atoms with Crippen LogP contribution in [0.3, 0.4) is 0 Å². The standard InChI is InChI=1S/C13H22N2OS/c1-9-6-7-17-10(9)8-15(5)12(16)11(14)13(2,3)4/h6-7,11H,8,14H2,1-5H3/t11-/m0/s1. The Labute approximate surface area is 108 Å². The lowest BCUT2D eigenvalue weighted by Crippen LogP contribution is -2.48. The third kappa shape index (κ3) is 3.54. The van der Waals surface area contributed by atoms with Gasteiger partial charge in [0.05, 0.1) is 12.6 Å². The minimum absolute atomic E-state index is 0.00491. The second-order valence-electron chi connectivity index (χ2n) is 5.56. The molecule has 0 aliphatic carbocycles. The van der Waals surface area contributed by atoms with Crippen LogP contribution in [0.25, 0.3) is 0 Å². The lowest BCUT2D eigenvalue weighted by atomic mass is 9.86. The van der Waals surface area contributed by atoms with E-state index in [-0.39, 0.29) is 11.3 Å². The number of carbonyl (C=O) groups excluding carboxylic acids is 1. The van der Waals surface area contributed by atoms with E-state index in [4.69, 9.17) is 5.73 Å². The van der Waals surface area contributed by atoms with Crippen LogP contribution < -0.4 is 5.73 Å². The number of hydrogen-bond donors (Lipinski definition) is 1. The maximum Gasteiger partial charge on any atom is 0.240 e. The van der Waals surface area contributed by atoms with Crippen molar-refractivity contribution in [3.8, 4) is 0 Å². The van der Waals surface area contributed by atoms with Crippen LogP contribution in [0.4, 0.5) is 0 Å². The molecule has 96 valence electrons. The van der Waals surface area contributed by atoms with Crippen LogP contribution in [-0.4, -0.2) is 23.9 Å². The van der Waals surface area contributed by atoms with Gasteiger partial charge >= 0.3 is 0 Å². The summed E-state index contributed by atoms with van der Waals surface area (Å²) in [5.41, 5.74) is 7.01. The number of aryl methyl sites for hydroxylation is 1. The Bertz CT molecular complexity index is 392. The molecule has 0 saturated heterocycles. The number of nitrogens with zero attached hydrogens (tertiary/aromatic N) is 1. The molecule has 2 N–H and O–H groups in total. The first kappa shape index (κ1) is 14.2. The van der Waals surface area contributed by atoms with Gasteiger partial charge in [-0.15, -0.1) is 11.3 Å². The molecule has 4 heteroatoms. The van der Waals surface area contributed by atoms with E-state index in [1.54, 1.807) is 16.2 Å². The van der Waals surface area contributed by atoms with E-state index >= 15 is 0 Å². The molecular weight excluding hydrogens is 232 g/mol. The number of hydrogen-bond acceptors (Lipinski definition) is 3. The van der Waals surface area contributed by atoms with E-state index in [0.717, 1.165) is 0 Å². The summed E-state index contributed by atoms with van der Waals surface area (Å²) in [4.78, 5) is 15.1. The van der Waals surface area contributed by atoms with E-state index in [1.807, 2.05) is 33.2 Å². The van der Waals surface area contributed by atoms with Crippen molar-refractivity contribution in [3.05, 3.63) is 21.9 Å². The fourth-order valence-electron chi connectivity index (χ4n) is 1.47. The van der Waals surface area contributed by atoms with Crippen molar-refractivity contribution in [1.29, 1.82) is 0 Å². The maximum atomic E-state index is 12.1. The van der Waals surface area contributed by atoms with Gasteiger partial charge in [0.15, 0.2) is 0 Å². The zero-order valence-electron chi connectivity index (χ0n) is 11.3. The predicted molar refractivity (Wildman–Crippen MR) is 73.0 cm³/mol. The third-order valence-electron chi connectivity index (χ3n) is 2.92. The molecule has 0 bridgehead atoms. The largest absolute Gasteiger partial charge is 0.339 e. The maximum absolute atomic E-state index is 12.1. The van der Waals surface area contributed by atoms with Gasteiger partial charge in [0, 0.05) is 11.9 Å². The van der Waals surface area contributed by atoms with Crippen molar-refractivity contribution >= 4 is 17.2 Å². The van der Waals surface area contributed by atoms with Gasteiger partial charge in [-0.3, -0.25) is 4.79 Å². The van der Waals surface area contributed by atoms with Crippen LogP contribution in [0, 0.1) is 12.3 Å². The zero-order valence-corrected chi connectivity index (χ0v) is 12.1. The molecule has 1 rings (SSSR count). The summed E-state index contributed by atoms with van der Waals surface area (Å²) in [6, 6.07) is 1.62. The van der Waals surface area contributed by atoms with Crippen LogP contribution in [0.5, 0.6) is 0 Å². The van der Waals surface area contributed by atoms with Gasteiger partial charge in [-0.1, -0.05) is 20.8 Å². The molecule has 0 aromatic carbocycles. The van der Waals surface area contributed by atoms with Crippen molar-refractivity contribution in [2.75, 3.05) is 7.05 Å². The summed E-state index contributed by atoms with van der Waals surface area (Å²) < 4.78 is 0. The Morgan fingerprint density at radius 1 is 1.53 bits per heavy atom. The summed E-state index contributed by atoms with van der Waals surface area (Å²) in [5.74, 6) is 0.00491. The monoisotopic (exact) mass is 254 g/mol. The number of likely N-dealkylation sites (N-methyl/N-ethyl adjacent to an activating group) is 1. The predicted octanol–water partition coefficient (Wildman–Crippen LogP) is 2.39. The van der Waals surface area contributed by atoms with Crippen LogP contribution in [0.2, 0.25) is 0 Å². The summed E-state index contributed by atoms with van der Waals surface area (Å²) in [6.07, 6.45) is 0. The Kier molecular flexibility index (Phi) is 4.33. The second kappa shape index (κ2) is 5.19. The fraction of sp³-hybridized carbons (Fsp3) is 0.615. The molecule has 17 heavy (non-hydrogen) atoms. The van der Waals surface area contributed by atoms with Crippen molar-refractivity contribution in [1.82, 2.24) is 4.90 Å². The quantitative estimate of drug-likeness (QED) is 0.900. The molecule has 0 unspecified atom stereocenters. The highest BCUT2D eigenvalue weighted by atomic mass is 32.1. The van der Waals surface area contributed by atoms with Gasteiger partial charge in [0.1, 0.15) is 0 Å². The van der Waals surface area contributed by atoms with E-state index in [9.17, 15) is 4.79 Å². The average Bonchev–Trinajstić information content (AvgIpc) is 2.61. The van der Waals surface area contributed by atoms with Gasteiger partial charge in [-0.05, 0) is 29.3 Å². The number of amides is 1. The molecule has 1 aromatic heterocycles. The lowest BCUT2D eigenvalue weighted by molar-refractivity contribution is -0.134. The van der Waals surface area contributed by atoms with Crippen LogP contribution in [0.1, 0.15) is 31.2 Å². The number of carbonyl (C=O) groups is 1. The Morgan fingerprint density at radius 2 is 2.12 bits per heavy atom. The van der Waals surface area contributed by atoms with Crippen LogP contribution in [0.15, 0.2) is 11.4 Å². The van der Waals surface area contributed by atoms with Gasteiger partial charge in [-0.2, -0.15) is 0 Å². The van der Waals surface area contributed by atoms with E-state index in [2.05, 4.69) is 13.0 Å². The molecule has 1 atom stereocenters. The fourth-order valence-corrected chi connectivity index (χ4v) is 2.43. The number of nitrogens with two attached hydrogens (primary N) is 1. The van der Waals surface area contributed by atoms with Crippen LogP contribution >= 0.6 is 11.3 Å². The lowest BCUT2D eigenvalue weighted by Gasteiger charge is -2.29. The molecule has 0 aliphatic rings. The van der Waals surface area contributed by atoms with Gasteiger partial charge in [-0.25, -0.2) is 0 Å². The van der Waals surface area contributed by atoms with Crippen molar-refractivity contribution in [2.45, 2.75) is 40.3 Å². The van der Waals surface area contributed by atoms with Gasteiger partial charge < -0.3 is 10.6 Å². The van der Waals surface area contributed by atoms with E-state index in [0.29, 0.717) is 6.54 Å². The second-order valence-corrected chi connectivity index (χ2v) is 6.57. The summed E-state index contributed by atoms with van der Waals surface area (Å²) in [7, 11) is 1.81. The average molecular weight is 254 g/mol. The SMILES string of the molecule is Cc1ccsc1CN(C)C(=O)[C@H](N)C(C)(C)C. The molecule has 0 radical (unpaired) electrons. The number of rotatable bonds is 3. The smallest absolute Gasteiger partial charge is 0.240 e. The molecule has 1 amide bonds. The summed E-state index contributed by atoms with van der Waals surface area (Å²) >= 11 is 1.68. The highest BCUT2D eigenvalue weighted by Crippen LogP contribution is 2.21. The molecule has 1 aromatic rings. The van der Waals surface area contributed by atoms with Crippen molar-refractivity contribution in [2.24, 2.45) is 11.1 Å². The van der Waals surface area contributed by atoms with E-state index < -0.39 is 6.04 Å². The molecule has 0 aliphatic heterocycles. The first-order chi connectivity index (χ1) is 7.73. The Hall–Kier alpha value is -0.870. The molecule has 0 saturated carbocycles. The highest BCUT2D eigenvalue weighted by molar-refractivity contribution is 7.10. The Morgan fingerprint density at radius 3 is 2.53 bits per heavy atom. The summed E-state index contributed by atoms with van der Waals surface area (Å²) in [5, 5.41) is 2.05. The van der Waals surface area contributed by atoms with Crippen molar-refractivity contribution in [3.63, 3.8) is 0 Å². The minimum Gasteiger partial charge on any atom is -0.339 e. The normalized spacial score (nSPS) is 13.5. The zero-order chi connectivity index (χ0) is 13.2. The first-order valence-electron chi connectivity index (χ1n) is 5.77. The highest BCUT2D eigenvalue weighted by Gasteiger charge is 2.29. The van der Waals surface area contributed by atoms with Crippen LogP contribution in [-0.2, 0) is 11.3 Å².